The maximum absolute atomic E-state index is 5.96. The van der Waals surface area contributed by atoms with Crippen LogP contribution < -0.4 is 10.1 Å². The number of rotatable bonds is 2. The maximum Gasteiger partial charge on any atom is 0.136 e. The van der Waals surface area contributed by atoms with Gasteiger partial charge in [0.2, 0.25) is 0 Å². The van der Waals surface area contributed by atoms with Crippen LogP contribution in [0.25, 0.3) is 22.3 Å². The first-order valence-electron chi connectivity index (χ1n) is 6.42. The van der Waals surface area contributed by atoms with Gasteiger partial charge in [-0.2, -0.15) is 0 Å². The molecule has 3 aromatic rings. The quantitative estimate of drug-likeness (QED) is 0.709. The Morgan fingerprint density at radius 3 is 2.45 bits per heavy atom. The van der Waals surface area contributed by atoms with Gasteiger partial charge in [0, 0.05) is 24.1 Å². The van der Waals surface area contributed by atoms with Crippen molar-refractivity contribution in [2.75, 3.05) is 14.2 Å². The van der Waals surface area contributed by atoms with Gasteiger partial charge in [-0.1, -0.05) is 12.1 Å². The van der Waals surface area contributed by atoms with Crippen molar-refractivity contribution in [2.24, 2.45) is 4.99 Å². The van der Waals surface area contributed by atoms with Crippen molar-refractivity contribution in [1.82, 2.24) is 0 Å². The van der Waals surface area contributed by atoms with E-state index in [0.29, 0.717) is 0 Å². The molecule has 0 unspecified atom stereocenters. The zero-order valence-electron chi connectivity index (χ0n) is 11.5. The van der Waals surface area contributed by atoms with Crippen LogP contribution >= 0.6 is 0 Å². The zero-order valence-corrected chi connectivity index (χ0v) is 11.5. The van der Waals surface area contributed by atoms with Crippen LogP contribution in [-0.4, -0.2) is 14.2 Å². The molecular weight excluding hydrogens is 250 g/mol. The summed E-state index contributed by atoms with van der Waals surface area (Å²) in [5.41, 5.74) is 1.84. The summed E-state index contributed by atoms with van der Waals surface area (Å²) in [6.07, 6.45) is 0. The van der Waals surface area contributed by atoms with Crippen molar-refractivity contribution >= 4 is 11.0 Å². The van der Waals surface area contributed by atoms with E-state index >= 15 is 0 Å². The predicted octanol–water partition coefficient (Wildman–Crippen LogP) is 3.64. The molecule has 20 heavy (non-hydrogen) atoms. The normalized spacial score (nSPS) is 11.8. The molecule has 0 amide bonds. The van der Waals surface area contributed by atoms with Crippen molar-refractivity contribution in [3.63, 3.8) is 0 Å². The molecule has 0 fully saturated rings. The molecule has 3 rings (SSSR count). The Hall–Kier alpha value is -2.55. The van der Waals surface area contributed by atoms with Gasteiger partial charge in [-0.15, -0.1) is 0 Å². The lowest BCUT2D eigenvalue weighted by Gasteiger charge is -2.05. The second kappa shape index (κ2) is 5.21. The molecule has 100 valence electrons. The van der Waals surface area contributed by atoms with Crippen LogP contribution in [0.2, 0.25) is 0 Å². The van der Waals surface area contributed by atoms with Gasteiger partial charge >= 0.3 is 0 Å². The fourth-order valence-electron chi connectivity index (χ4n) is 2.20. The minimum atomic E-state index is 0.798. The van der Waals surface area contributed by atoms with Gasteiger partial charge in [-0.05, 0) is 36.4 Å². The van der Waals surface area contributed by atoms with Gasteiger partial charge in [-0.3, -0.25) is 4.99 Å². The zero-order chi connectivity index (χ0) is 13.9. The van der Waals surface area contributed by atoms with Crippen LogP contribution in [0.5, 0.6) is 5.75 Å². The monoisotopic (exact) mass is 265 g/mol. The van der Waals surface area contributed by atoms with E-state index in [9.17, 15) is 0 Å². The SMILES string of the molecule is CN=c1cc(-c2ccc(OC)cc2)oc2ccccc12. The minimum absolute atomic E-state index is 0.798. The number of hydrogen-bond donors (Lipinski definition) is 0. The smallest absolute Gasteiger partial charge is 0.136 e. The van der Waals surface area contributed by atoms with Crippen molar-refractivity contribution in [3.8, 4) is 17.1 Å². The number of ether oxygens (including phenoxy) is 1. The third kappa shape index (κ3) is 2.18. The van der Waals surface area contributed by atoms with Crippen molar-refractivity contribution in [2.45, 2.75) is 0 Å². The molecule has 0 bridgehead atoms. The number of para-hydroxylation sites is 1. The van der Waals surface area contributed by atoms with Crippen molar-refractivity contribution in [1.29, 1.82) is 0 Å². The van der Waals surface area contributed by atoms with Crippen LogP contribution in [0.15, 0.2) is 64.0 Å². The summed E-state index contributed by atoms with van der Waals surface area (Å²) < 4.78 is 11.1. The van der Waals surface area contributed by atoms with E-state index in [1.54, 1.807) is 14.2 Å². The summed E-state index contributed by atoms with van der Waals surface area (Å²) in [6, 6.07) is 17.7. The molecule has 0 aliphatic heterocycles. The summed E-state index contributed by atoms with van der Waals surface area (Å²) in [6.45, 7) is 0. The number of fused-ring (bicyclic) bond motifs is 1. The van der Waals surface area contributed by atoms with Crippen molar-refractivity contribution < 1.29 is 9.15 Å². The second-order valence-electron chi connectivity index (χ2n) is 4.44. The van der Waals surface area contributed by atoms with E-state index in [0.717, 1.165) is 33.4 Å². The average Bonchev–Trinajstić information content (AvgIpc) is 2.54. The topological polar surface area (TPSA) is 34.7 Å². The molecular formula is C17H15NO2. The molecule has 0 aliphatic rings. The van der Waals surface area contributed by atoms with Crippen LogP contribution in [0.4, 0.5) is 0 Å². The lowest BCUT2D eigenvalue weighted by Crippen LogP contribution is -2.02. The standard InChI is InChI=1S/C17H15NO2/c1-18-15-11-17(12-7-9-13(19-2)10-8-12)20-16-6-4-3-5-14(15)16/h3-11H,1-2H3. The summed E-state index contributed by atoms with van der Waals surface area (Å²) >= 11 is 0. The third-order valence-corrected chi connectivity index (χ3v) is 3.27. The van der Waals surface area contributed by atoms with Gasteiger partial charge < -0.3 is 9.15 Å². The number of hydrogen-bond acceptors (Lipinski definition) is 3. The molecule has 2 aromatic carbocycles. The highest BCUT2D eigenvalue weighted by Crippen LogP contribution is 2.24. The van der Waals surface area contributed by atoms with Gasteiger partial charge in [0.05, 0.1) is 12.5 Å². The fourth-order valence-corrected chi connectivity index (χ4v) is 2.20. The Labute approximate surface area is 117 Å². The van der Waals surface area contributed by atoms with E-state index in [1.807, 2.05) is 54.6 Å². The largest absolute Gasteiger partial charge is 0.497 e. The summed E-state index contributed by atoms with van der Waals surface area (Å²) in [5.74, 6) is 1.63. The molecule has 3 heteroatoms. The first kappa shape index (κ1) is 12.5. The molecule has 0 aliphatic carbocycles. The van der Waals surface area contributed by atoms with Crippen LogP contribution in [0.1, 0.15) is 0 Å². The van der Waals surface area contributed by atoms with Gasteiger partial charge in [0.1, 0.15) is 17.1 Å². The average molecular weight is 265 g/mol. The highest BCUT2D eigenvalue weighted by Gasteiger charge is 2.05. The lowest BCUT2D eigenvalue weighted by molar-refractivity contribution is 0.415. The van der Waals surface area contributed by atoms with E-state index < -0.39 is 0 Å². The first-order valence-corrected chi connectivity index (χ1v) is 6.42. The lowest BCUT2D eigenvalue weighted by atomic mass is 10.1. The van der Waals surface area contributed by atoms with Crippen molar-refractivity contribution in [3.05, 3.63) is 60.0 Å². The molecule has 0 atom stereocenters. The summed E-state index contributed by atoms with van der Waals surface area (Å²) in [4.78, 5) is 4.33. The first-order chi connectivity index (χ1) is 9.81. The molecule has 1 heterocycles. The predicted molar refractivity (Wildman–Crippen MR) is 79.7 cm³/mol. The van der Waals surface area contributed by atoms with E-state index in [4.69, 9.17) is 9.15 Å². The molecule has 0 saturated heterocycles. The second-order valence-corrected chi connectivity index (χ2v) is 4.44. The Bertz CT molecular complexity index is 801. The highest BCUT2D eigenvalue weighted by molar-refractivity contribution is 5.78. The Morgan fingerprint density at radius 2 is 1.75 bits per heavy atom. The molecule has 1 aromatic heterocycles. The minimum Gasteiger partial charge on any atom is -0.497 e. The summed E-state index contributed by atoms with van der Waals surface area (Å²) in [7, 11) is 3.45. The van der Waals surface area contributed by atoms with Gasteiger partial charge in [0.15, 0.2) is 0 Å². The van der Waals surface area contributed by atoms with Gasteiger partial charge in [0.25, 0.3) is 0 Å². The van der Waals surface area contributed by atoms with Gasteiger partial charge in [-0.25, -0.2) is 0 Å². The third-order valence-electron chi connectivity index (χ3n) is 3.27. The number of benzene rings is 2. The van der Waals surface area contributed by atoms with Crippen LogP contribution in [-0.2, 0) is 0 Å². The number of nitrogens with zero attached hydrogens (tertiary/aromatic N) is 1. The Balaban J connectivity index is 2.21. The summed E-state index contributed by atoms with van der Waals surface area (Å²) in [5, 5.41) is 1.95. The molecule has 3 nitrogen and oxygen atoms in total. The highest BCUT2D eigenvalue weighted by atomic mass is 16.5. The fraction of sp³-hybridized carbons (Fsp3) is 0.118. The van der Waals surface area contributed by atoms with E-state index in [1.165, 1.54) is 0 Å². The van der Waals surface area contributed by atoms with Crippen LogP contribution in [0, 0.1) is 0 Å². The Kier molecular flexibility index (Phi) is 3.25. The number of methoxy groups -OCH3 is 1. The molecule has 0 saturated carbocycles. The van der Waals surface area contributed by atoms with E-state index in [2.05, 4.69) is 4.99 Å². The maximum atomic E-state index is 5.96. The molecule has 0 N–H and O–H groups in total. The van der Waals surface area contributed by atoms with E-state index in [-0.39, 0.29) is 0 Å². The Morgan fingerprint density at radius 1 is 1.00 bits per heavy atom. The molecule has 0 radical (unpaired) electrons. The van der Waals surface area contributed by atoms with Crippen LogP contribution in [0.3, 0.4) is 0 Å². The molecule has 0 spiro atoms.